The van der Waals surface area contributed by atoms with Crippen LogP contribution in [0.4, 0.5) is 5.13 Å². The van der Waals surface area contributed by atoms with Crippen LogP contribution in [0.5, 0.6) is 0 Å². The second-order valence-electron chi connectivity index (χ2n) is 8.61. The number of aromatic nitrogens is 3. The van der Waals surface area contributed by atoms with Gasteiger partial charge in [0.25, 0.3) is 0 Å². The minimum atomic E-state index is -0.0376. The van der Waals surface area contributed by atoms with Crippen molar-refractivity contribution in [2.75, 3.05) is 18.0 Å². The molecule has 0 aliphatic carbocycles. The molecule has 1 fully saturated rings. The maximum absolute atomic E-state index is 12.9. The minimum absolute atomic E-state index is 0.0376. The van der Waals surface area contributed by atoms with E-state index in [0.29, 0.717) is 18.1 Å². The Labute approximate surface area is 202 Å². The quantitative estimate of drug-likeness (QED) is 0.422. The van der Waals surface area contributed by atoms with Crippen molar-refractivity contribution in [1.82, 2.24) is 20.1 Å². The predicted octanol–water partition coefficient (Wildman–Crippen LogP) is 5.29. The van der Waals surface area contributed by atoms with E-state index in [9.17, 15) is 4.79 Å². The second-order valence-corrected chi connectivity index (χ2v) is 10.0. The molecule has 1 aliphatic rings. The van der Waals surface area contributed by atoms with Gasteiger partial charge in [-0.1, -0.05) is 52.8 Å². The van der Waals surface area contributed by atoms with E-state index < -0.39 is 0 Å². The maximum atomic E-state index is 12.9. The highest BCUT2D eigenvalue weighted by Crippen LogP contribution is 2.34. The Hall–Kier alpha value is -2.90. The first kappa shape index (κ1) is 21.9. The van der Waals surface area contributed by atoms with Gasteiger partial charge >= 0.3 is 0 Å². The van der Waals surface area contributed by atoms with Crippen LogP contribution in [0.1, 0.15) is 29.7 Å². The minimum Gasteiger partial charge on any atom is -0.352 e. The van der Waals surface area contributed by atoms with Crippen molar-refractivity contribution in [2.45, 2.75) is 33.2 Å². The molecule has 3 heterocycles. The normalized spacial score (nSPS) is 16.3. The van der Waals surface area contributed by atoms with Gasteiger partial charge in [0.05, 0.1) is 22.0 Å². The largest absolute Gasteiger partial charge is 0.352 e. The summed E-state index contributed by atoms with van der Waals surface area (Å²) in [6, 6.07) is 15.9. The molecule has 1 saturated heterocycles. The first-order valence-corrected chi connectivity index (χ1v) is 12.4. The summed E-state index contributed by atoms with van der Waals surface area (Å²) in [7, 11) is 0. The number of amides is 1. The van der Waals surface area contributed by atoms with Crippen molar-refractivity contribution in [2.24, 2.45) is 5.92 Å². The molecule has 6 nitrogen and oxygen atoms in total. The van der Waals surface area contributed by atoms with E-state index in [1.807, 2.05) is 48.0 Å². The fourth-order valence-electron chi connectivity index (χ4n) is 4.34. The molecule has 1 amide bonds. The zero-order chi connectivity index (χ0) is 22.9. The van der Waals surface area contributed by atoms with Crippen LogP contribution in [0.3, 0.4) is 0 Å². The molecule has 0 spiro atoms. The molecule has 0 saturated carbocycles. The summed E-state index contributed by atoms with van der Waals surface area (Å²) in [4.78, 5) is 20.1. The lowest BCUT2D eigenvalue weighted by Gasteiger charge is -2.31. The number of hydrogen-bond donors (Lipinski definition) is 1. The van der Waals surface area contributed by atoms with E-state index >= 15 is 0 Å². The molecule has 1 N–H and O–H groups in total. The Morgan fingerprint density at radius 1 is 1.21 bits per heavy atom. The van der Waals surface area contributed by atoms with Gasteiger partial charge in [-0.2, -0.15) is 10.1 Å². The van der Waals surface area contributed by atoms with Crippen molar-refractivity contribution in [3.63, 3.8) is 0 Å². The lowest BCUT2D eigenvalue weighted by atomic mass is 9.97. The van der Waals surface area contributed by atoms with Crippen LogP contribution >= 0.6 is 22.9 Å². The summed E-state index contributed by atoms with van der Waals surface area (Å²) in [5.74, 6) is 0.0790. The molecular weight excluding hydrogens is 454 g/mol. The number of rotatable bonds is 5. The van der Waals surface area contributed by atoms with Crippen LogP contribution in [-0.2, 0) is 11.3 Å². The Morgan fingerprint density at radius 2 is 2.03 bits per heavy atom. The number of nitrogens with zero attached hydrogens (tertiary/aromatic N) is 4. The number of halogens is 1. The van der Waals surface area contributed by atoms with E-state index in [1.165, 1.54) is 5.56 Å². The van der Waals surface area contributed by atoms with Gasteiger partial charge in [0.15, 0.2) is 10.8 Å². The molecule has 1 aliphatic heterocycles. The number of piperidine rings is 1. The molecule has 0 bridgehead atoms. The Morgan fingerprint density at radius 3 is 2.82 bits per heavy atom. The highest BCUT2D eigenvalue weighted by Gasteiger charge is 2.28. The number of fused-ring (bicyclic) bond motifs is 1. The summed E-state index contributed by atoms with van der Waals surface area (Å²) in [6.45, 7) is 6.23. The monoisotopic (exact) mass is 479 g/mol. The van der Waals surface area contributed by atoms with Gasteiger partial charge in [-0.3, -0.25) is 4.79 Å². The topological polar surface area (TPSA) is 63.1 Å². The van der Waals surface area contributed by atoms with Crippen molar-refractivity contribution < 1.29 is 4.79 Å². The van der Waals surface area contributed by atoms with Crippen LogP contribution in [0, 0.1) is 19.8 Å². The van der Waals surface area contributed by atoms with Crippen LogP contribution in [-0.4, -0.2) is 33.8 Å². The molecule has 170 valence electrons. The number of carbonyl (C=O) groups is 1. The highest BCUT2D eigenvalue weighted by molar-refractivity contribution is 7.22. The number of hydrogen-bond acceptors (Lipinski definition) is 5. The van der Waals surface area contributed by atoms with E-state index in [1.54, 1.807) is 11.3 Å². The van der Waals surface area contributed by atoms with Gasteiger partial charge in [-0.25, -0.2) is 4.68 Å². The van der Waals surface area contributed by atoms with Crippen molar-refractivity contribution in [1.29, 1.82) is 0 Å². The molecular formula is C25H26ClN5OS. The molecule has 33 heavy (non-hydrogen) atoms. The fourth-order valence-corrected chi connectivity index (χ4v) is 5.49. The molecule has 0 radical (unpaired) electrons. The van der Waals surface area contributed by atoms with Crippen LogP contribution in [0.2, 0.25) is 5.02 Å². The lowest BCUT2D eigenvalue weighted by Crippen LogP contribution is -2.43. The van der Waals surface area contributed by atoms with E-state index in [0.717, 1.165) is 51.8 Å². The molecule has 8 heteroatoms. The second kappa shape index (κ2) is 9.15. The molecule has 4 aromatic rings. The van der Waals surface area contributed by atoms with Crippen LogP contribution in [0.15, 0.2) is 48.5 Å². The third kappa shape index (κ3) is 4.61. The predicted molar refractivity (Wildman–Crippen MR) is 134 cm³/mol. The highest BCUT2D eigenvalue weighted by atomic mass is 35.5. The zero-order valence-corrected chi connectivity index (χ0v) is 20.3. The van der Waals surface area contributed by atoms with Gasteiger partial charge in [-0.05, 0) is 56.5 Å². The first-order valence-electron chi connectivity index (χ1n) is 11.2. The number of benzene rings is 2. The van der Waals surface area contributed by atoms with E-state index in [-0.39, 0.29) is 11.8 Å². The zero-order valence-electron chi connectivity index (χ0n) is 18.7. The molecule has 2 aromatic carbocycles. The smallest absolute Gasteiger partial charge is 0.225 e. The van der Waals surface area contributed by atoms with Gasteiger partial charge in [0.1, 0.15) is 0 Å². The SMILES string of the molecule is Cc1cccc(CNC(=O)C2CCCN(c3nc4c(s3)c(C)nn4-c3ccc(Cl)cc3)C2)c1. The fraction of sp³-hybridized carbons (Fsp3) is 0.320. The number of carbonyl (C=O) groups excluding carboxylic acids is 1. The number of anilines is 1. The Bertz CT molecular complexity index is 1300. The van der Waals surface area contributed by atoms with Crippen molar-refractivity contribution in [3.05, 3.63) is 70.4 Å². The average Bonchev–Trinajstić information content (AvgIpc) is 3.39. The molecule has 5 rings (SSSR count). The summed E-state index contributed by atoms with van der Waals surface area (Å²) < 4.78 is 2.95. The third-order valence-electron chi connectivity index (χ3n) is 6.06. The average molecular weight is 480 g/mol. The molecule has 1 atom stereocenters. The summed E-state index contributed by atoms with van der Waals surface area (Å²) in [6.07, 6.45) is 1.87. The third-order valence-corrected chi connectivity index (χ3v) is 7.53. The van der Waals surface area contributed by atoms with Gasteiger partial charge in [-0.15, -0.1) is 0 Å². The van der Waals surface area contributed by atoms with Gasteiger partial charge < -0.3 is 10.2 Å². The van der Waals surface area contributed by atoms with E-state index in [2.05, 4.69) is 34.4 Å². The van der Waals surface area contributed by atoms with Crippen molar-refractivity contribution >= 4 is 44.3 Å². The molecule has 2 aromatic heterocycles. The lowest BCUT2D eigenvalue weighted by molar-refractivity contribution is -0.125. The first-order chi connectivity index (χ1) is 16.0. The van der Waals surface area contributed by atoms with Gasteiger partial charge in [0, 0.05) is 24.7 Å². The maximum Gasteiger partial charge on any atom is 0.225 e. The Kier molecular flexibility index (Phi) is 6.08. The number of thiazole rings is 1. The molecule has 1 unspecified atom stereocenters. The number of aryl methyl sites for hydroxylation is 2. The summed E-state index contributed by atoms with van der Waals surface area (Å²) in [5.41, 5.74) is 5.06. The Balaban J connectivity index is 1.32. The van der Waals surface area contributed by atoms with Crippen LogP contribution in [0.25, 0.3) is 16.0 Å². The van der Waals surface area contributed by atoms with Crippen molar-refractivity contribution in [3.8, 4) is 5.69 Å². The van der Waals surface area contributed by atoms with E-state index in [4.69, 9.17) is 16.6 Å². The van der Waals surface area contributed by atoms with Gasteiger partial charge in [0.2, 0.25) is 5.91 Å². The summed E-state index contributed by atoms with van der Waals surface area (Å²) >= 11 is 7.70. The van der Waals surface area contributed by atoms with Crippen LogP contribution < -0.4 is 10.2 Å². The number of nitrogens with one attached hydrogen (secondary N) is 1. The standard InChI is InChI=1S/C25H26ClN5OS/c1-16-5-3-6-18(13-16)14-27-24(32)19-7-4-12-30(15-19)25-28-23-22(33-25)17(2)29-31(23)21-10-8-20(26)9-11-21/h3,5-6,8-11,13,19H,4,7,12,14-15H2,1-2H3,(H,27,32). The summed E-state index contributed by atoms with van der Waals surface area (Å²) in [5, 5.41) is 9.44.